The Morgan fingerprint density at radius 1 is 1.27 bits per heavy atom. The van der Waals surface area contributed by atoms with Gasteiger partial charge in [0, 0.05) is 13.1 Å². The fourth-order valence-electron chi connectivity index (χ4n) is 6.18. The normalized spacial score (nSPS) is 49.7. The van der Waals surface area contributed by atoms with Crippen molar-refractivity contribution in [1.29, 1.82) is 0 Å². The van der Waals surface area contributed by atoms with Crippen molar-refractivity contribution in [2.24, 2.45) is 46.8 Å². The molecule has 126 valence electrons. The maximum absolute atomic E-state index is 4.50. The van der Waals surface area contributed by atoms with Crippen LogP contribution >= 0.6 is 12.6 Å². The van der Waals surface area contributed by atoms with Crippen LogP contribution in [0.4, 0.5) is 0 Å². The molecule has 1 heterocycles. The number of rotatable bonds is 5. The summed E-state index contributed by atoms with van der Waals surface area (Å²) in [5.74, 6) is 7.10. The topological polar surface area (TPSA) is 3.24 Å². The molecule has 0 spiro atoms. The zero-order valence-corrected chi connectivity index (χ0v) is 15.9. The van der Waals surface area contributed by atoms with E-state index in [9.17, 15) is 0 Å². The molecule has 2 heteroatoms. The first-order chi connectivity index (χ1) is 10.4. The molecule has 1 nitrogen and oxygen atoms in total. The van der Waals surface area contributed by atoms with E-state index in [1.807, 2.05) is 0 Å². The van der Waals surface area contributed by atoms with Crippen LogP contribution in [0.3, 0.4) is 0 Å². The molecule has 2 aliphatic carbocycles. The van der Waals surface area contributed by atoms with E-state index >= 15 is 0 Å². The molecule has 0 N–H and O–H groups in total. The fourth-order valence-corrected chi connectivity index (χ4v) is 6.51. The van der Waals surface area contributed by atoms with Crippen LogP contribution in [-0.4, -0.2) is 30.8 Å². The molecule has 0 amide bonds. The Balaban J connectivity index is 1.73. The lowest BCUT2D eigenvalue weighted by atomic mass is 9.52. The minimum absolute atomic E-state index is 0.519. The minimum Gasteiger partial charge on any atom is -0.306 e. The van der Waals surface area contributed by atoms with E-state index in [0.29, 0.717) is 11.3 Å². The van der Waals surface area contributed by atoms with Crippen molar-refractivity contribution < 1.29 is 0 Å². The van der Waals surface area contributed by atoms with Crippen molar-refractivity contribution >= 4 is 12.6 Å². The summed E-state index contributed by atoms with van der Waals surface area (Å²) in [4.78, 5) is 2.48. The molecule has 3 rings (SSSR count). The summed E-state index contributed by atoms with van der Waals surface area (Å²) in [5.41, 5.74) is 0.519. The Morgan fingerprint density at radius 3 is 2.50 bits per heavy atom. The van der Waals surface area contributed by atoms with E-state index in [4.69, 9.17) is 0 Å². The fraction of sp³-hybridized carbons (Fsp3) is 0.900. The van der Waals surface area contributed by atoms with Crippen molar-refractivity contribution in [3.8, 4) is 0 Å². The van der Waals surface area contributed by atoms with Gasteiger partial charge in [0.05, 0.1) is 0 Å². The van der Waals surface area contributed by atoms with Gasteiger partial charge in [0.1, 0.15) is 0 Å². The van der Waals surface area contributed by atoms with Gasteiger partial charge in [-0.25, -0.2) is 0 Å². The predicted molar refractivity (Wildman–Crippen MR) is 99.3 cm³/mol. The molecule has 3 fully saturated rings. The molecular weight excluding hydrogens is 286 g/mol. The lowest BCUT2D eigenvalue weighted by Gasteiger charge is -2.53. The molecule has 3 aliphatic rings. The molecule has 7 atom stereocenters. The van der Waals surface area contributed by atoms with Crippen LogP contribution < -0.4 is 0 Å². The quantitative estimate of drug-likeness (QED) is 0.572. The van der Waals surface area contributed by atoms with Crippen molar-refractivity contribution in [2.45, 2.75) is 40.0 Å². The number of hydrogen-bond acceptors (Lipinski definition) is 2. The standard InChI is InChI=1S/C20H35NS/c1-6-17-14(3)20(4,13(2)9-15(17)7-8-22)19-10-18(19)16-11-21(5)12-16/h6,13-19,22H,1,7-12H2,2-5H3/t13?,14?,15?,17?,18?,19?,20-/m0/s1. The molecular formula is C20H35NS. The van der Waals surface area contributed by atoms with Crippen molar-refractivity contribution in [2.75, 3.05) is 25.9 Å². The van der Waals surface area contributed by atoms with Crippen molar-refractivity contribution in [3.05, 3.63) is 12.7 Å². The first-order valence-corrected chi connectivity index (χ1v) is 9.98. The first-order valence-electron chi connectivity index (χ1n) is 9.35. The van der Waals surface area contributed by atoms with Crippen LogP contribution in [0.25, 0.3) is 0 Å². The zero-order valence-electron chi connectivity index (χ0n) is 15.0. The van der Waals surface area contributed by atoms with Gasteiger partial charge in [0.2, 0.25) is 0 Å². The monoisotopic (exact) mass is 321 g/mol. The second-order valence-corrected chi connectivity index (χ2v) is 9.31. The third-order valence-corrected chi connectivity index (χ3v) is 8.19. The van der Waals surface area contributed by atoms with E-state index in [2.05, 4.69) is 58.0 Å². The van der Waals surface area contributed by atoms with Crippen LogP contribution in [0.5, 0.6) is 0 Å². The van der Waals surface area contributed by atoms with Gasteiger partial charge in [-0.2, -0.15) is 12.6 Å². The zero-order chi connectivity index (χ0) is 16.1. The summed E-state index contributed by atoms with van der Waals surface area (Å²) in [5, 5.41) is 0. The van der Waals surface area contributed by atoms with Gasteiger partial charge in [-0.3, -0.25) is 0 Å². The molecule has 2 saturated carbocycles. The molecule has 0 aromatic rings. The Bertz CT molecular complexity index is 416. The van der Waals surface area contributed by atoms with Gasteiger partial charge in [-0.15, -0.1) is 6.58 Å². The first kappa shape index (κ1) is 16.9. The Morgan fingerprint density at radius 2 is 1.95 bits per heavy atom. The molecule has 22 heavy (non-hydrogen) atoms. The molecule has 6 unspecified atom stereocenters. The van der Waals surface area contributed by atoms with Crippen LogP contribution in [0.2, 0.25) is 0 Å². The minimum atomic E-state index is 0.519. The van der Waals surface area contributed by atoms with Gasteiger partial charge >= 0.3 is 0 Å². The van der Waals surface area contributed by atoms with Crippen molar-refractivity contribution in [3.63, 3.8) is 0 Å². The highest BCUT2D eigenvalue weighted by molar-refractivity contribution is 7.80. The number of hydrogen-bond donors (Lipinski definition) is 1. The lowest BCUT2D eigenvalue weighted by molar-refractivity contribution is -0.0334. The van der Waals surface area contributed by atoms with Crippen LogP contribution in [-0.2, 0) is 0 Å². The van der Waals surface area contributed by atoms with E-state index in [1.165, 1.54) is 32.4 Å². The maximum Gasteiger partial charge on any atom is 0.00217 e. The Hall–Kier alpha value is 0.0500. The molecule has 0 radical (unpaired) electrons. The predicted octanol–water partition coefficient (Wildman–Crippen LogP) is 4.60. The van der Waals surface area contributed by atoms with Gasteiger partial charge in [-0.1, -0.05) is 26.8 Å². The summed E-state index contributed by atoms with van der Waals surface area (Å²) < 4.78 is 0. The smallest absolute Gasteiger partial charge is 0.00217 e. The highest BCUT2D eigenvalue weighted by Crippen LogP contribution is 2.66. The Labute approximate surface area is 143 Å². The Kier molecular flexibility index (Phi) is 4.73. The largest absolute Gasteiger partial charge is 0.306 e. The van der Waals surface area contributed by atoms with Crippen LogP contribution in [0.15, 0.2) is 12.7 Å². The lowest BCUT2D eigenvalue weighted by Crippen LogP contribution is -2.49. The third-order valence-electron chi connectivity index (χ3n) is 7.93. The van der Waals surface area contributed by atoms with Gasteiger partial charge < -0.3 is 4.90 Å². The summed E-state index contributed by atoms with van der Waals surface area (Å²) in [6.45, 7) is 14.5. The summed E-state index contributed by atoms with van der Waals surface area (Å²) in [6, 6.07) is 0. The molecule has 1 saturated heterocycles. The molecule has 0 aromatic heterocycles. The highest BCUT2D eigenvalue weighted by atomic mass is 32.1. The number of thiol groups is 1. The van der Waals surface area contributed by atoms with Gasteiger partial charge in [0.15, 0.2) is 0 Å². The number of likely N-dealkylation sites (tertiary alicyclic amines) is 1. The van der Waals surface area contributed by atoms with Crippen LogP contribution in [0.1, 0.15) is 40.0 Å². The third kappa shape index (κ3) is 2.59. The van der Waals surface area contributed by atoms with Crippen molar-refractivity contribution in [1.82, 2.24) is 4.90 Å². The van der Waals surface area contributed by atoms with Gasteiger partial charge in [-0.05, 0) is 78.9 Å². The second kappa shape index (κ2) is 6.16. The second-order valence-electron chi connectivity index (χ2n) is 8.86. The van der Waals surface area contributed by atoms with Gasteiger partial charge in [0.25, 0.3) is 0 Å². The average molecular weight is 322 g/mol. The maximum atomic E-state index is 4.50. The number of nitrogens with zero attached hydrogens (tertiary/aromatic N) is 1. The highest BCUT2D eigenvalue weighted by Gasteiger charge is 2.60. The summed E-state index contributed by atoms with van der Waals surface area (Å²) >= 11 is 4.50. The number of allylic oxidation sites excluding steroid dienone is 1. The van der Waals surface area contributed by atoms with E-state index in [1.54, 1.807) is 0 Å². The van der Waals surface area contributed by atoms with Crippen LogP contribution in [0, 0.1) is 46.8 Å². The van der Waals surface area contributed by atoms with E-state index in [-0.39, 0.29) is 0 Å². The van der Waals surface area contributed by atoms with E-state index in [0.717, 1.165) is 41.3 Å². The average Bonchev–Trinajstić information content (AvgIpc) is 3.23. The molecule has 0 bridgehead atoms. The summed E-state index contributed by atoms with van der Waals surface area (Å²) in [7, 11) is 2.26. The van der Waals surface area contributed by atoms with E-state index < -0.39 is 0 Å². The molecule has 1 aliphatic heterocycles. The summed E-state index contributed by atoms with van der Waals surface area (Å²) in [6.07, 6.45) is 6.40. The molecule has 0 aromatic carbocycles. The SMILES string of the molecule is C=CC1C(CCS)CC(C)[C@](C)(C2CC2C2CN(C)C2)C1C.